The highest BCUT2D eigenvalue weighted by molar-refractivity contribution is 7.16. The van der Waals surface area contributed by atoms with Crippen LogP contribution in [0.1, 0.15) is 54.7 Å². The van der Waals surface area contributed by atoms with Gasteiger partial charge in [-0.15, -0.1) is 11.3 Å². The Hall–Kier alpha value is -3.13. The Morgan fingerprint density at radius 1 is 1.39 bits per heavy atom. The third kappa shape index (κ3) is 5.98. The summed E-state index contributed by atoms with van der Waals surface area (Å²) in [6.07, 6.45) is 0.0645. The lowest BCUT2D eigenvalue weighted by Crippen LogP contribution is -2.37. The number of rotatable bonds is 7. The number of benzene rings is 1. The molecule has 3 heterocycles. The number of hydrogen-bond acceptors (Lipinski definition) is 8. The van der Waals surface area contributed by atoms with Gasteiger partial charge in [-0.1, -0.05) is 19.1 Å². The second-order valence-electron chi connectivity index (χ2n) is 9.45. The number of anilines is 1. The summed E-state index contributed by atoms with van der Waals surface area (Å²) in [7, 11) is 1.61. The predicted molar refractivity (Wildman–Crippen MR) is 134 cm³/mol. The van der Waals surface area contributed by atoms with Gasteiger partial charge >= 0.3 is 6.09 Å². The first-order valence-corrected chi connectivity index (χ1v) is 12.7. The van der Waals surface area contributed by atoms with Crippen LogP contribution in [-0.4, -0.2) is 55.7 Å². The van der Waals surface area contributed by atoms with Crippen molar-refractivity contribution in [3.05, 3.63) is 45.8 Å². The number of hydrogen-bond donors (Lipinski definition) is 1. The molecule has 1 aromatic heterocycles. The second-order valence-corrected chi connectivity index (χ2v) is 10.6. The maximum Gasteiger partial charge on any atom is 0.410 e. The summed E-state index contributed by atoms with van der Waals surface area (Å²) < 4.78 is 21.9. The SMILES string of the molecule is COc1cccc(C(C)CC(=O)Nc2sc3c(c2C#N)CCN(C(=O)OCC2COC(C)(C)O2)C3)c1. The van der Waals surface area contributed by atoms with Crippen molar-refractivity contribution in [2.45, 2.75) is 58.0 Å². The molecule has 2 unspecified atom stereocenters. The van der Waals surface area contributed by atoms with Crippen LogP contribution in [0.3, 0.4) is 0 Å². The highest BCUT2D eigenvalue weighted by Crippen LogP contribution is 2.37. The molecule has 1 N–H and O–H groups in total. The molecule has 0 spiro atoms. The molecule has 9 nitrogen and oxygen atoms in total. The lowest BCUT2D eigenvalue weighted by molar-refractivity contribution is -0.143. The third-order valence-corrected chi connectivity index (χ3v) is 7.43. The Labute approximate surface area is 214 Å². The molecule has 1 fully saturated rings. The summed E-state index contributed by atoms with van der Waals surface area (Å²) in [5.41, 5.74) is 2.36. The third-order valence-electron chi connectivity index (χ3n) is 6.29. The van der Waals surface area contributed by atoms with Crippen molar-refractivity contribution in [3.63, 3.8) is 0 Å². The van der Waals surface area contributed by atoms with Crippen molar-refractivity contribution in [1.82, 2.24) is 4.90 Å². The first-order valence-electron chi connectivity index (χ1n) is 11.9. The first kappa shape index (κ1) is 25.9. The van der Waals surface area contributed by atoms with Gasteiger partial charge in [0, 0.05) is 17.8 Å². The number of carbonyl (C=O) groups is 2. The van der Waals surface area contributed by atoms with Crippen molar-refractivity contribution in [1.29, 1.82) is 5.26 Å². The number of thiophene rings is 1. The van der Waals surface area contributed by atoms with E-state index in [-0.39, 0.29) is 31.0 Å². The summed E-state index contributed by atoms with van der Waals surface area (Å²) in [6.45, 7) is 6.88. The van der Waals surface area contributed by atoms with Crippen LogP contribution >= 0.6 is 11.3 Å². The lowest BCUT2D eigenvalue weighted by Gasteiger charge is -2.26. The lowest BCUT2D eigenvalue weighted by atomic mass is 9.97. The van der Waals surface area contributed by atoms with E-state index in [9.17, 15) is 14.9 Å². The van der Waals surface area contributed by atoms with Crippen LogP contribution in [0.4, 0.5) is 9.80 Å². The van der Waals surface area contributed by atoms with Crippen LogP contribution in [0.25, 0.3) is 0 Å². The zero-order valence-electron chi connectivity index (χ0n) is 21.0. The summed E-state index contributed by atoms with van der Waals surface area (Å²) in [6, 6.07) is 9.88. The fraction of sp³-hybridized carbons (Fsp3) is 0.500. The normalized spacial score (nSPS) is 19.2. The molecule has 2 amide bonds. The van der Waals surface area contributed by atoms with Gasteiger partial charge in [0.2, 0.25) is 5.91 Å². The molecule has 1 saturated heterocycles. The summed E-state index contributed by atoms with van der Waals surface area (Å²) in [5.74, 6) is -0.119. The van der Waals surface area contributed by atoms with Gasteiger partial charge in [-0.05, 0) is 49.4 Å². The monoisotopic (exact) mass is 513 g/mol. The van der Waals surface area contributed by atoms with E-state index in [2.05, 4.69) is 11.4 Å². The van der Waals surface area contributed by atoms with Gasteiger partial charge in [0.25, 0.3) is 0 Å². The maximum absolute atomic E-state index is 12.8. The second kappa shape index (κ2) is 10.9. The predicted octanol–water partition coefficient (Wildman–Crippen LogP) is 4.41. The molecule has 0 bridgehead atoms. The average Bonchev–Trinajstić information content (AvgIpc) is 3.39. The zero-order valence-corrected chi connectivity index (χ0v) is 21.8. The number of carbonyl (C=O) groups excluding carboxylic acids is 2. The van der Waals surface area contributed by atoms with Gasteiger partial charge in [0.1, 0.15) is 29.5 Å². The van der Waals surface area contributed by atoms with Crippen molar-refractivity contribution in [3.8, 4) is 11.8 Å². The molecule has 1 aromatic carbocycles. The highest BCUT2D eigenvalue weighted by Gasteiger charge is 2.34. The first-order chi connectivity index (χ1) is 17.2. The highest BCUT2D eigenvalue weighted by atomic mass is 32.1. The van der Waals surface area contributed by atoms with E-state index in [1.54, 1.807) is 12.0 Å². The number of ether oxygens (including phenoxy) is 4. The number of nitrogens with zero attached hydrogens (tertiary/aromatic N) is 2. The summed E-state index contributed by atoms with van der Waals surface area (Å²) >= 11 is 1.34. The minimum Gasteiger partial charge on any atom is -0.497 e. The molecule has 2 aliphatic heterocycles. The van der Waals surface area contributed by atoms with E-state index in [1.807, 2.05) is 45.0 Å². The topological polar surface area (TPSA) is 110 Å². The Morgan fingerprint density at radius 3 is 2.89 bits per heavy atom. The maximum atomic E-state index is 12.8. The molecule has 0 saturated carbocycles. The van der Waals surface area contributed by atoms with E-state index >= 15 is 0 Å². The van der Waals surface area contributed by atoms with E-state index in [1.165, 1.54) is 11.3 Å². The van der Waals surface area contributed by atoms with Crippen LogP contribution in [0, 0.1) is 11.3 Å². The molecule has 4 rings (SSSR count). The largest absolute Gasteiger partial charge is 0.497 e. The molecule has 36 heavy (non-hydrogen) atoms. The summed E-state index contributed by atoms with van der Waals surface area (Å²) in [5, 5.41) is 13.2. The van der Waals surface area contributed by atoms with Crippen molar-refractivity contribution in [2.24, 2.45) is 0 Å². The van der Waals surface area contributed by atoms with E-state index in [0.717, 1.165) is 21.8 Å². The fourth-order valence-electron chi connectivity index (χ4n) is 4.39. The Kier molecular flexibility index (Phi) is 7.83. The molecule has 10 heteroatoms. The standard InChI is InChI=1S/C26H31N3O6S/c1-16(17-6-5-7-18(11-17)32-4)10-23(30)28-24-21(12-27)20-8-9-29(13-22(20)36-24)25(31)33-14-19-15-34-26(2,3)35-19/h5-7,11,16,19H,8-10,13-15H2,1-4H3,(H,28,30). The Balaban J connectivity index is 1.36. The van der Waals surface area contributed by atoms with Gasteiger partial charge in [0.15, 0.2) is 5.79 Å². The number of nitriles is 1. The van der Waals surface area contributed by atoms with Gasteiger partial charge in [-0.25, -0.2) is 4.79 Å². The number of fused-ring (bicyclic) bond motifs is 1. The molecule has 2 aromatic rings. The zero-order chi connectivity index (χ0) is 25.9. The van der Waals surface area contributed by atoms with Crippen LogP contribution < -0.4 is 10.1 Å². The van der Waals surface area contributed by atoms with Crippen LogP contribution in [-0.2, 0) is 32.0 Å². The molecule has 0 radical (unpaired) electrons. The quantitative estimate of drug-likeness (QED) is 0.584. The minimum absolute atomic E-state index is 0.0229. The van der Waals surface area contributed by atoms with Crippen molar-refractivity contribution >= 4 is 28.3 Å². The molecule has 2 atom stereocenters. The van der Waals surface area contributed by atoms with Crippen molar-refractivity contribution in [2.75, 3.05) is 32.2 Å². The van der Waals surface area contributed by atoms with E-state index < -0.39 is 11.9 Å². The smallest absolute Gasteiger partial charge is 0.410 e. The van der Waals surface area contributed by atoms with Gasteiger partial charge in [-0.3, -0.25) is 4.79 Å². The molecular formula is C26H31N3O6S. The average molecular weight is 514 g/mol. The minimum atomic E-state index is -0.672. The number of methoxy groups -OCH3 is 1. The van der Waals surface area contributed by atoms with Gasteiger partial charge in [-0.2, -0.15) is 5.26 Å². The van der Waals surface area contributed by atoms with E-state index in [0.29, 0.717) is 36.7 Å². The molecular weight excluding hydrogens is 482 g/mol. The summed E-state index contributed by atoms with van der Waals surface area (Å²) in [4.78, 5) is 27.9. The molecule has 0 aliphatic carbocycles. The number of amides is 2. The fourth-order valence-corrected chi connectivity index (χ4v) is 5.62. The Bertz CT molecular complexity index is 1170. The van der Waals surface area contributed by atoms with Crippen molar-refractivity contribution < 1.29 is 28.5 Å². The van der Waals surface area contributed by atoms with Crippen LogP contribution in [0.15, 0.2) is 24.3 Å². The van der Waals surface area contributed by atoms with Crippen LogP contribution in [0.5, 0.6) is 5.75 Å². The Morgan fingerprint density at radius 2 is 2.19 bits per heavy atom. The van der Waals surface area contributed by atoms with Gasteiger partial charge in [0.05, 0.1) is 25.8 Å². The molecule has 192 valence electrons. The molecule has 2 aliphatic rings. The van der Waals surface area contributed by atoms with E-state index in [4.69, 9.17) is 18.9 Å². The van der Waals surface area contributed by atoms with Gasteiger partial charge < -0.3 is 29.2 Å². The van der Waals surface area contributed by atoms with Crippen LogP contribution in [0.2, 0.25) is 0 Å². The number of nitrogens with one attached hydrogen (secondary N) is 1.